The molecule has 0 fully saturated rings. The van der Waals surface area contributed by atoms with Crippen LogP contribution in [-0.4, -0.2) is 21.3 Å². The molecule has 128 valence electrons. The van der Waals surface area contributed by atoms with E-state index >= 15 is 0 Å². The number of nitrogen functional groups attached to an aromatic ring is 1. The molecule has 6 nitrogen and oxygen atoms in total. The van der Waals surface area contributed by atoms with Crippen molar-refractivity contribution in [1.29, 1.82) is 0 Å². The molecule has 2 aromatic heterocycles. The van der Waals surface area contributed by atoms with Crippen molar-refractivity contribution in [3.63, 3.8) is 0 Å². The van der Waals surface area contributed by atoms with E-state index in [2.05, 4.69) is 19.7 Å². The second-order valence-electron chi connectivity index (χ2n) is 4.85. The van der Waals surface area contributed by atoms with Gasteiger partial charge in [0.15, 0.2) is 0 Å². The van der Waals surface area contributed by atoms with E-state index in [1.807, 2.05) is 0 Å². The first-order valence-electron chi connectivity index (χ1n) is 6.97. The molecule has 3 aromatic rings. The second-order valence-corrected chi connectivity index (χ2v) is 4.85. The van der Waals surface area contributed by atoms with Crippen molar-refractivity contribution in [2.45, 2.75) is 6.36 Å². The molecular weight excluding hydrogens is 337 g/mol. The Morgan fingerprint density at radius 2 is 1.52 bits per heavy atom. The molecule has 0 aliphatic heterocycles. The summed E-state index contributed by atoms with van der Waals surface area (Å²) in [5, 5.41) is 0. The number of aromatic nitrogens is 3. The maximum atomic E-state index is 12.2. The highest BCUT2D eigenvalue weighted by Crippen LogP contribution is 2.28. The van der Waals surface area contributed by atoms with Gasteiger partial charge in [-0.15, -0.1) is 13.2 Å². The number of hydrogen-bond acceptors (Lipinski definition) is 6. The Hall–Kier alpha value is -3.36. The quantitative estimate of drug-likeness (QED) is 0.772. The fraction of sp³-hybridized carbons (Fsp3) is 0.0625. The van der Waals surface area contributed by atoms with E-state index in [9.17, 15) is 13.2 Å². The molecule has 0 amide bonds. The largest absolute Gasteiger partial charge is 0.573 e. The number of anilines is 1. The van der Waals surface area contributed by atoms with Crippen molar-refractivity contribution in [1.82, 2.24) is 15.0 Å². The molecule has 1 aromatic carbocycles. The summed E-state index contributed by atoms with van der Waals surface area (Å²) in [7, 11) is 0. The summed E-state index contributed by atoms with van der Waals surface area (Å²) < 4.78 is 45.9. The first-order chi connectivity index (χ1) is 11.9. The minimum absolute atomic E-state index is 0.0173. The highest BCUT2D eigenvalue weighted by Gasteiger charge is 2.31. The maximum Gasteiger partial charge on any atom is 0.573 e. The molecule has 0 saturated heterocycles. The van der Waals surface area contributed by atoms with Crippen LogP contribution >= 0.6 is 0 Å². The number of hydrogen-bond donors (Lipinski definition) is 1. The zero-order valence-corrected chi connectivity index (χ0v) is 12.6. The molecule has 9 heteroatoms. The summed E-state index contributed by atoms with van der Waals surface area (Å²) >= 11 is 0. The van der Waals surface area contributed by atoms with Crippen LogP contribution in [-0.2, 0) is 0 Å². The van der Waals surface area contributed by atoms with Crippen molar-refractivity contribution in [3.8, 4) is 28.6 Å². The van der Waals surface area contributed by atoms with Crippen molar-refractivity contribution >= 4 is 5.82 Å². The highest BCUT2D eigenvalue weighted by molar-refractivity contribution is 5.61. The first-order valence-corrected chi connectivity index (χ1v) is 6.97. The maximum absolute atomic E-state index is 12.2. The third-order valence-corrected chi connectivity index (χ3v) is 3.00. The molecule has 0 unspecified atom stereocenters. The predicted molar refractivity (Wildman–Crippen MR) is 82.9 cm³/mol. The zero-order chi connectivity index (χ0) is 17.9. The third-order valence-electron chi connectivity index (χ3n) is 3.00. The molecular formula is C16H11F3N4O2. The van der Waals surface area contributed by atoms with Crippen LogP contribution in [0.5, 0.6) is 17.5 Å². The van der Waals surface area contributed by atoms with Crippen molar-refractivity contribution in [3.05, 3.63) is 55.0 Å². The Labute approximate surface area is 140 Å². The Bertz CT molecular complexity index is 853. The van der Waals surface area contributed by atoms with Gasteiger partial charge in [-0.3, -0.25) is 0 Å². The van der Waals surface area contributed by atoms with Crippen LogP contribution in [0.4, 0.5) is 19.0 Å². The molecule has 0 bridgehead atoms. The van der Waals surface area contributed by atoms with Gasteiger partial charge in [0.25, 0.3) is 0 Å². The molecule has 0 aliphatic carbocycles. The van der Waals surface area contributed by atoms with E-state index in [1.165, 1.54) is 30.6 Å². The number of nitrogens with two attached hydrogens (primary N) is 1. The Morgan fingerprint density at radius 3 is 2.16 bits per heavy atom. The van der Waals surface area contributed by atoms with E-state index in [0.29, 0.717) is 11.4 Å². The third kappa shape index (κ3) is 4.56. The van der Waals surface area contributed by atoms with Crippen LogP contribution in [0, 0.1) is 0 Å². The van der Waals surface area contributed by atoms with Gasteiger partial charge in [-0.25, -0.2) is 15.0 Å². The topological polar surface area (TPSA) is 83.2 Å². The molecule has 2 N–H and O–H groups in total. The van der Waals surface area contributed by atoms with E-state index in [1.54, 1.807) is 18.3 Å². The molecule has 0 atom stereocenters. The van der Waals surface area contributed by atoms with Crippen LogP contribution < -0.4 is 15.2 Å². The van der Waals surface area contributed by atoms with Gasteiger partial charge >= 0.3 is 12.4 Å². The molecule has 0 saturated carbocycles. The van der Waals surface area contributed by atoms with Gasteiger partial charge in [-0.2, -0.15) is 0 Å². The SMILES string of the molecule is Nc1ccc(-c2cnc(Oc3cccc(OC(F)(F)F)c3)nc2)cn1. The van der Waals surface area contributed by atoms with E-state index < -0.39 is 12.1 Å². The van der Waals surface area contributed by atoms with Crippen molar-refractivity contribution in [2.75, 3.05) is 5.73 Å². The number of ether oxygens (including phenoxy) is 2. The van der Waals surface area contributed by atoms with Gasteiger partial charge in [0.05, 0.1) is 0 Å². The Kier molecular flexibility index (Phi) is 4.38. The monoisotopic (exact) mass is 348 g/mol. The van der Waals surface area contributed by atoms with Gasteiger partial charge in [-0.1, -0.05) is 6.07 Å². The molecule has 2 heterocycles. The number of alkyl halides is 3. The lowest BCUT2D eigenvalue weighted by Crippen LogP contribution is -2.17. The van der Waals surface area contributed by atoms with Gasteiger partial charge in [-0.05, 0) is 24.3 Å². The second kappa shape index (κ2) is 6.63. The Balaban J connectivity index is 1.73. The zero-order valence-electron chi connectivity index (χ0n) is 12.6. The van der Waals surface area contributed by atoms with Gasteiger partial charge in [0, 0.05) is 35.8 Å². The van der Waals surface area contributed by atoms with E-state index in [4.69, 9.17) is 10.5 Å². The van der Waals surface area contributed by atoms with Gasteiger partial charge in [0.1, 0.15) is 17.3 Å². The number of nitrogens with zero attached hydrogens (tertiary/aromatic N) is 3. The average Bonchev–Trinajstić information content (AvgIpc) is 2.55. The summed E-state index contributed by atoms with van der Waals surface area (Å²) in [5.74, 6) is 0.115. The molecule has 25 heavy (non-hydrogen) atoms. The van der Waals surface area contributed by atoms with E-state index in [0.717, 1.165) is 11.6 Å². The van der Waals surface area contributed by atoms with E-state index in [-0.39, 0.29) is 11.8 Å². The van der Waals surface area contributed by atoms with Crippen LogP contribution in [0.2, 0.25) is 0 Å². The summed E-state index contributed by atoms with van der Waals surface area (Å²) in [5.41, 5.74) is 6.98. The van der Waals surface area contributed by atoms with Gasteiger partial charge < -0.3 is 15.2 Å². The normalized spacial score (nSPS) is 11.2. The summed E-state index contributed by atoms with van der Waals surface area (Å²) in [4.78, 5) is 12.0. The van der Waals surface area contributed by atoms with Crippen LogP contribution in [0.25, 0.3) is 11.1 Å². The first kappa shape index (κ1) is 16.5. The molecule has 0 spiro atoms. The highest BCUT2D eigenvalue weighted by atomic mass is 19.4. The smallest absolute Gasteiger partial charge is 0.424 e. The molecule has 0 aliphatic rings. The number of halogens is 3. The summed E-state index contributed by atoms with van der Waals surface area (Å²) in [6, 6.07) is 8.48. The standard InChI is InChI=1S/C16H11F3N4O2/c17-16(18,19)25-13-3-1-2-12(6-13)24-15-22-8-11(9-23-15)10-4-5-14(20)21-7-10/h1-9H,(H2,20,21). The lowest BCUT2D eigenvalue weighted by atomic mass is 10.1. The average molecular weight is 348 g/mol. The fourth-order valence-electron chi connectivity index (χ4n) is 1.93. The van der Waals surface area contributed by atoms with Crippen LogP contribution in [0.3, 0.4) is 0 Å². The lowest BCUT2D eigenvalue weighted by molar-refractivity contribution is -0.274. The minimum Gasteiger partial charge on any atom is -0.424 e. The number of benzene rings is 1. The predicted octanol–water partition coefficient (Wildman–Crippen LogP) is 3.81. The van der Waals surface area contributed by atoms with Crippen molar-refractivity contribution in [2.24, 2.45) is 0 Å². The van der Waals surface area contributed by atoms with Crippen LogP contribution in [0.15, 0.2) is 55.0 Å². The lowest BCUT2D eigenvalue weighted by Gasteiger charge is -2.10. The minimum atomic E-state index is -4.77. The van der Waals surface area contributed by atoms with Gasteiger partial charge in [0.2, 0.25) is 0 Å². The summed E-state index contributed by atoms with van der Waals surface area (Å²) in [6.07, 6.45) is -0.187. The van der Waals surface area contributed by atoms with Crippen molar-refractivity contribution < 1.29 is 22.6 Å². The van der Waals surface area contributed by atoms with Crippen LogP contribution in [0.1, 0.15) is 0 Å². The molecule has 0 radical (unpaired) electrons. The Morgan fingerprint density at radius 1 is 0.840 bits per heavy atom. The fourth-order valence-corrected chi connectivity index (χ4v) is 1.93. The number of pyridine rings is 1. The number of rotatable bonds is 4. The molecule has 3 rings (SSSR count). The summed E-state index contributed by atoms with van der Waals surface area (Å²) in [6.45, 7) is 0.